The molecule has 1 saturated carbocycles. The van der Waals surface area contributed by atoms with E-state index < -0.39 is 17.6 Å². The molecule has 6 heteroatoms. The van der Waals surface area contributed by atoms with Crippen molar-refractivity contribution >= 4 is 11.9 Å². The number of carbonyl (C=O) groups is 2. The zero-order chi connectivity index (χ0) is 14.6. The van der Waals surface area contributed by atoms with Crippen molar-refractivity contribution in [3.63, 3.8) is 0 Å². The van der Waals surface area contributed by atoms with Crippen LogP contribution in [-0.4, -0.2) is 28.7 Å². The van der Waals surface area contributed by atoms with Gasteiger partial charge in [-0.3, -0.25) is 9.59 Å². The van der Waals surface area contributed by atoms with Crippen LogP contribution >= 0.6 is 0 Å². The van der Waals surface area contributed by atoms with Crippen molar-refractivity contribution in [3.05, 3.63) is 0 Å². The molecule has 1 amide bonds. The molecule has 0 unspecified atom stereocenters. The molecular formula is C14H19N3O3. The third-order valence-corrected chi connectivity index (χ3v) is 3.98. The molecule has 0 aromatic rings. The molecule has 2 atom stereocenters. The summed E-state index contributed by atoms with van der Waals surface area (Å²) in [5.74, 6) is 1.14. The third-order valence-electron chi connectivity index (χ3n) is 3.98. The summed E-state index contributed by atoms with van der Waals surface area (Å²) in [4.78, 5) is 22.9. The quantitative estimate of drug-likeness (QED) is 0.694. The zero-order valence-corrected chi connectivity index (χ0v) is 11.3. The van der Waals surface area contributed by atoms with Gasteiger partial charge in [0.05, 0.1) is 5.92 Å². The number of carboxylic acids is 1. The van der Waals surface area contributed by atoms with E-state index in [0.717, 1.165) is 12.8 Å². The first-order chi connectivity index (χ1) is 9.56. The minimum absolute atomic E-state index is 0.125. The van der Waals surface area contributed by atoms with Gasteiger partial charge < -0.3 is 10.4 Å². The van der Waals surface area contributed by atoms with Crippen LogP contribution in [0.1, 0.15) is 44.9 Å². The van der Waals surface area contributed by atoms with E-state index in [2.05, 4.69) is 21.5 Å². The monoisotopic (exact) mass is 277 g/mol. The van der Waals surface area contributed by atoms with E-state index in [1.807, 2.05) is 0 Å². The van der Waals surface area contributed by atoms with Gasteiger partial charge in [0.25, 0.3) is 0 Å². The number of rotatable bonds is 7. The summed E-state index contributed by atoms with van der Waals surface area (Å²) in [5, 5.41) is 19.8. The summed E-state index contributed by atoms with van der Waals surface area (Å²) in [7, 11) is 0. The van der Waals surface area contributed by atoms with Crippen molar-refractivity contribution in [3.8, 4) is 12.3 Å². The van der Waals surface area contributed by atoms with Crippen molar-refractivity contribution in [2.75, 3.05) is 0 Å². The number of terminal acetylenes is 1. The number of carbonyl (C=O) groups excluding carboxylic acids is 1. The fourth-order valence-corrected chi connectivity index (χ4v) is 2.69. The maximum atomic E-state index is 11.9. The lowest BCUT2D eigenvalue weighted by molar-refractivity contribution is -0.142. The Morgan fingerprint density at radius 3 is 2.70 bits per heavy atom. The maximum absolute atomic E-state index is 11.9. The zero-order valence-electron chi connectivity index (χ0n) is 11.3. The molecule has 108 valence electrons. The topological polar surface area (TPSA) is 91.1 Å². The standard InChI is InChI=1S/C14H19N3O3/c1-2-3-8-14(16-17-14)9-7-12(18)15-11-6-4-5-10(11)13(19)20/h1,10-11H,3-9H2,(H,15,18)(H,19,20)/t10-,11+/m1/s1. The average molecular weight is 277 g/mol. The summed E-state index contributed by atoms with van der Waals surface area (Å²) < 4.78 is 0. The Kier molecular flexibility index (Phi) is 4.38. The van der Waals surface area contributed by atoms with Crippen molar-refractivity contribution in [2.45, 2.75) is 56.7 Å². The van der Waals surface area contributed by atoms with Crippen LogP contribution in [0, 0.1) is 18.3 Å². The minimum atomic E-state index is -0.828. The molecule has 0 saturated heterocycles. The molecule has 2 rings (SSSR count). The van der Waals surface area contributed by atoms with E-state index in [1.165, 1.54) is 0 Å². The van der Waals surface area contributed by atoms with Crippen molar-refractivity contribution in [1.29, 1.82) is 0 Å². The second-order valence-corrected chi connectivity index (χ2v) is 5.44. The number of nitrogens with zero attached hydrogens (tertiary/aromatic N) is 2. The first kappa shape index (κ1) is 14.5. The van der Waals surface area contributed by atoms with Gasteiger partial charge in [-0.25, -0.2) is 0 Å². The third kappa shape index (κ3) is 3.56. The molecule has 0 radical (unpaired) electrons. The summed E-state index contributed by atoms with van der Waals surface area (Å²) in [6.07, 6.45) is 9.55. The Labute approximate surface area is 118 Å². The highest BCUT2D eigenvalue weighted by molar-refractivity contribution is 5.78. The molecule has 0 aromatic carbocycles. The Hall–Kier alpha value is -1.90. The molecule has 1 heterocycles. The van der Waals surface area contributed by atoms with E-state index in [-0.39, 0.29) is 11.9 Å². The highest BCUT2D eigenvalue weighted by atomic mass is 16.4. The normalized spacial score (nSPS) is 25.9. The number of nitrogens with one attached hydrogen (secondary N) is 1. The van der Waals surface area contributed by atoms with Crippen LogP contribution in [0.5, 0.6) is 0 Å². The highest BCUT2D eigenvalue weighted by Crippen LogP contribution is 2.37. The first-order valence-electron chi connectivity index (χ1n) is 6.96. The fourth-order valence-electron chi connectivity index (χ4n) is 2.69. The fraction of sp³-hybridized carbons (Fsp3) is 0.714. The molecule has 0 aromatic heterocycles. The van der Waals surface area contributed by atoms with Gasteiger partial charge in [-0.05, 0) is 12.8 Å². The lowest BCUT2D eigenvalue weighted by Gasteiger charge is -2.18. The van der Waals surface area contributed by atoms with Gasteiger partial charge in [-0.1, -0.05) is 6.42 Å². The largest absolute Gasteiger partial charge is 0.481 e. The molecule has 1 aliphatic heterocycles. The predicted molar refractivity (Wildman–Crippen MR) is 71.8 cm³/mol. The van der Waals surface area contributed by atoms with E-state index in [0.29, 0.717) is 32.1 Å². The molecule has 1 aliphatic carbocycles. The highest BCUT2D eigenvalue weighted by Gasteiger charge is 2.40. The van der Waals surface area contributed by atoms with Gasteiger partial charge in [0, 0.05) is 31.7 Å². The molecule has 6 nitrogen and oxygen atoms in total. The molecule has 20 heavy (non-hydrogen) atoms. The Bertz CT molecular complexity index is 461. The molecule has 2 N–H and O–H groups in total. The molecular weight excluding hydrogens is 258 g/mol. The van der Waals surface area contributed by atoms with E-state index in [4.69, 9.17) is 11.5 Å². The number of amides is 1. The lowest BCUT2D eigenvalue weighted by Crippen LogP contribution is -2.40. The lowest BCUT2D eigenvalue weighted by atomic mass is 10.0. The second kappa shape index (κ2) is 6.04. The van der Waals surface area contributed by atoms with Crippen LogP contribution in [0.3, 0.4) is 0 Å². The van der Waals surface area contributed by atoms with Crippen molar-refractivity contribution in [2.24, 2.45) is 16.1 Å². The van der Waals surface area contributed by atoms with Gasteiger partial charge in [0.1, 0.15) is 0 Å². The smallest absolute Gasteiger partial charge is 0.308 e. The summed E-state index contributed by atoms with van der Waals surface area (Å²) in [6.45, 7) is 0. The van der Waals surface area contributed by atoms with Crippen LogP contribution in [0.15, 0.2) is 10.2 Å². The second-order valence-electron chi connectivity index (χ2n) is 5.44. The van der Waals surface area contributed by atoms with Crippen LogP contribution in [0.4, 0.5) is 0 Å². The van der Waals surface area contributed by atoms with Crippen LogP contribution in [0.2, 0.25) is 0 Å². The van der Waals surface area contributed by atoms with Gasteiger partial charge in [-0.15, -0.1) is 12.3 Å². The Balaban J connectivity index is 1.73. The van der Waals surface area contributed by atoms with E-state index in [9.17, 15) is 9.59 Å². The first-order valence-corrected chi connectivity index (χ1v) is 6.96. The van der Waals surface area contributed by atoms with Crippen molar-refractivity contribution < 1.29 is 14.7 Å². The van der Waals surface area contributed by atoms with Crippen LogP contribution < -0.4 is 5.32 Å². The molecule has 0 spiro atoms. The maximum Gasteiger partial charge on any atom is 0.308 e. The number of carboxylic acid groups (broad SMARTS) is 1. The predicted octanol–water partition coefficient (Wildman–Crippen LogP) is 1.71. The van der Waals surface area contributed by atoms with Gasteiger partial charge in [0.15, 0.2) is 5.66 Å². The Morgan fingerprint density at radius 2 is 2.10 bits per heavy atom. The summed E-state index contributed by atoms with van der Waals surface area (Å²) in [5.41, 5.74) is -0.453. The number of aliphatic carboxylic acids is 1. The molecule has 2 aliphatic rings. The van der Waals surface area contributed by atoms with Crippen LogP contribution in [0.25, 0.3) is 0 Å². The Morgan fingerprint density at radius 1 is 1.35 bits per heavy atom. The number of hydrogen-bond donors (Lipinski definition) is 2. The van der Waals surface area contributed by atoms with Gasteiger partial charge in [0.2, 0.25) is 5.91 Å². The summed E-state index contributed by atoms with van der Waals surface area (Å²) >= 11 is 0. The van der Waals surface area contributed by atoms with E-state index >= 15 is 0 Å². The molecule has 1 fully saturated rings. The van der Waals surface area contributed by atoms with Gasteiger partial charge in [-0.2, -0.15) is 10.2 Å². The van der Waals surface area contributed by atoms with Crippen molar-refractivity contribution in [1.82, 2.24) is 5.32 Å². The average Bonchev–Trinajstić information content (AvgIpc) is 3.04. The van der Waals surface area contributed by atoms with E-state index in [1.54, 1.807) is 0 Å². The number of hydrogen-bond acceptors (Lipinski definition) is 4. The molecule has 0 bridgehead atoms. The van der Waals surface area contributed by atoms with Gasteiger partial charge >= 0.3 is 5.97 Å². The van der Waals surface area contributed by atoms with Crippen LogP contribution in [-0.2, 0) is 9.59 Å². The SMILES string of the molecule is C#CCCC1(CCC(=O)N[C@H]2CCC[C@H]2C(=O)O)N=N1. The minimum Gasteiger partial charge on any atom is -0.481 e. The summed E-state index contributed by atoms with van der Waals surface area (Å²) in [6, 6.07) is -0.241.